The van der Waals surface area contributed by atoms with Gasteiger partial charge in [0.05, 0.1) is 35.8 Å². The van der Waals surface area contributed by atoms with Crippen LogP contribution in [-0.4, -0.2) is 47.4 Å². The molecule has 0 spiro atoms. The molecular formula is C19H22Cl2N2O6. The van der Waals surface area contributed by atoms with Gasteiger partial charge < -0.3 is 19.5 Å². The van der Waals surface area contributed by atoms with E-state index < -0.39 is 28.5 Å². The summed E-state index contributed by atoms with van der Waals surface area (Å²) >= 11 is 12.4. The van der Waals surface area contributed by atoms with Crippen LogP contribution in [0.4, 0.5) is 0 Å². The molecule has 1 saturated heterocycles. The van der Waals surface area contributed by atoms with E-state index in [-0.39, 0.29) is 27.1 Å². The van der Waals surface area contributed by atoms with Crippen molar-refractivity contribution >= 4 is 29.2 Å². The van der Waals surface area contributed by atoms with Crippen LogP contribution in [0.2, 0.25) is 10.0 Å². The molecule has 3 atom stereocenters. The highest BCUT2D eigenvalue weighted by atomic mass is 35.5. The maximum Gasteiger partial charge on any atom is 0.314 e. The highest BCUT2D eigenvalue weighted by Gasteiger charge is 2.59. The quantitative estimate of drug-likeness (QED) is 0.430. The van der Waals surface area contributed by atoms with Crippen LogP contribution in [0, 0.1) is 16.0 Å². The van der Waals surface area contributed by atoms with Crippen molar-refractivity contribution in [1.82, 2.24) is 4.90 Å². The molecule has 10 heteroatoms. The number of esters is 1. The van der Waals surface area contributed by atoms with E-state index in [4.69, 9.17) is 32.7 Å². The molecule has 2 aliphatic heterocycles. The molecule has 1 aromatic rings. The number of aliphatic hydroxyl groups is 1. The zero-order valence-corrected chi connectivity index (χ0v) is 17.8. The molecule has 1 fully saturated rings. The van der Waals surface area contributed by atoms with Crippen LogP contribution >= 0.6 is 23.2 Å². The van der Waals surface area contributed by atoms with Crippen LogP contribution in [0.5, 0.6) is 5.75 Å². The van der Waals surface area contributed by atoms with Gasteiger partial charge in [0.25, 0.3) is 5.70 Å². The minimum atomic E-state index is -1.72. The largest absolute Gasteiger partial charge is 0.495 e. The number of nitro groups is 1. The molecule has 2 heterocycles. The third-order valence-electron chi connectivity index (χ3n) is 5.66. The zero-order chi connectivity index (χ0) is 21.5. The second kappa shape index (κ2) is 8.01. The minimum absolute atomic E-state index is 0.150. The van der Waals surface area contributed by atoms with E-state index in [1.165, 1.54) is 33.3 Å². The van der Waals surface area contributed by atoms with Gasteiger partial charge in [-0.05, 0) is 38.3 Å². The number of nitrogens with zero attached hydrogens (tertiary/aromatic N) is 2. The Morgan fingerprint density at radius 1 is 1.34 bits per heavy atom. The third kappa shape index (κ3) is 3.53. The van der Waals surface area contributed by atoms with Crippen LogP contribution in [0.15, 0.2) is 23.5 Å². The predicted molar refractivity (Wildman–Crippen MR) is 106 cm³/mol. The van der Waals surface area contributed by atoms with Crippen molar-refractivity contribution in [3.63, 3.8) is 0 Å². The van der Waals surface area contributed by atoms with Crippen LogP contribution in [0.25, 0.3) is 0 Å². The first kappa shape index (κ1) is 21.7. The van der Waals surface area contributed by atoms with Crippen molar-refractivity contribution in [3.8, 4) is 5.75 Å². The molecule has 1 aromatic carbocycles. The number of hydrogen-bond acceptors (Lipinski definition) is 7. The molecule has 0 amide bonds. The van der Waals surface area contributed by atoms with Gasteiger partial charge in [-0.3, -0.25) is 14.9 Å². The molecular weight excluding hydrogens is 423 g/mol. The van der Waals surface area contributed by atoms with Gasteiger partial charge in [0.1, 0.15) is 17.4 Å². The van der Waals surface area contributed by atoms with Crippen LogP contribution in [0.1, 0.15) is 37.7 Å². The lowest BCUT2D eigenvalue weighted by molar-refractivity contribution is -0.439. The van der Waals surface area contributed by atoms with E-state index in [1.807, 2.05) is 0 Å². The van der Waals surface area contributed by atoms with E-state index in [2.05, 4.69) is 0 Å². The van der Waals surface area contributed by atoms with Gasteiger partial charge in [0, 0.05) is 17.1 Å². The van der Waals surface area contributed by atoms with Crippen molar-refractivity contribution < 1.29 is 24.3 Å². The monoisotopic (exact) mass is 444 g/mol. The van der Waals surface area contributed by atoms with Crippen molar-refractivity contribution in [2.45, 2.75) is 37.8 Å². The molecule has 0 aliphatic carbocycles. The van der Waals surface area contributed by atoms with Crippen LogP contribution in [-0.2, 0) is 9.53 Å². The molecule has 158 valence electrons. The summed E-state index contributed by atoms with van der Waals surface area (Å²) in [7, 11) is 2.55. The van der Waals surface area contributed by atoms with E-state index in [9.17, 15) is 20.0 Å². The average Bonchev–Trinajstić information content (AvgIpc) is 2.66. The summed E-state index contributed by atoms with van der Waals surface area (Å²) in [5.41, 5.74) is -1.24. The van der Waals surface area contributed by atoms with Gasteiger partial charge in [-0.2, -0.15) is 0 Å². The molecule has 0 saturated carbocycles. The summed E-state index contributed by atoms with van der Waals surface area (Å²) in [6, 6.07) is 2.93. The number of carbonyl (C=O) groups excluding carboxylic acids is 1. The standard InChI is InChI=1S/C19H22Cl2N2O6/c1-19(25)15(18(24)29-3)14(11-8-10(20)9-12(21)17(11)28-2)16(23(26)27)13-6-4-5-7-22(13)19/h8-9,14-15,25H,4-7H2,1-3H3/t14-,15-,19-/m0/s1. The smallest absolute Gasteiger partial charge is 0.314 e. The Morgan fingerprint density at radius 3 is 2.62 bits per heavy atom. The molecule has 0 aromatic heterocycles. The number of hydrogen-bond donors (Lipinski definition) is 1. The fourth-order valence-electron chi connectivity index (χ4n) is 4.48. The fraction of sp³-hybridized carbons (Fsp3) is 0.526. The lowest BCUT2D eigenvalue weighted by Gasteiger charge is -2.50. The van der Waals surface area contributed by atoms with Crippen LogP contribution < -0.4 is 4.74 Å². The summed E-state index contributed by atoms with van der Waals surface area (Å²) in [6.45, 7) is 1.87. The van der Waals surface area contributed by atoms with E-state index >= 15 is 0 Å². The zero-order valence-electron chi connectivity index (χ0n) is 16.3. The summed E-state index contributed by atoms with van der Waals surface area (Å²) in [6.07, 6.45) is 1.89. The maximum absolute atomic E-state index is 12.8. The van der Waals surface area contributed by atoms with Gasteiger partial charge in [0.2, 0.25) is 0 Å². The summed E-state index contributed by atoms with van der Waals surface area (Å²) in [5, 5.41) is 24.0. The first-order valence-electron chi connectivity index (χ1n) is 9.13. The summed E-state index contributed by atoms with van der Waals surface area (Å²) in [4.78, 5) is 26.1. The van der Waals surface area contributed by atoms with Gasteiger partial charge >= 0.3 is 5.97 Å². The topological polar surface area (TPSA) is 102 Å². The normalized spacial score (nSPS) is 26.8. The molecule has 2 aliphatic rings. The number of allylic oxidation sites excluding steroid dienone is 2. The highest BCUT2D eigenvalue weighted by molar-refractivity contribution is 6.35. The second-order valence-corrected chi connectivity index (χ2v) is 8.12. The number of carbonyl (C=O) groups is 1. The lowest BCUT2D eigenvalue weighted by atomic mass is 9.72. The Kier molecular flexibility index (Phi) is 5.98. The Bertz CT molecular complexity index is 886. The Morgan fingerprint density at radius 2 is 2.03 bits per heavy atom. The maximum atomic E-state index is 12.8. The van der Waals surface area contributed by atoms with Gasteiger partial charge in [-0.15, -0.1) is 0 Å². The van der Waals surface area contributed by atoms with Crippen molar-refractivity contribution in [3.05, 3.63) is 49.2 Å². The van der Waals surface area contributed by atoms with Gasteiger partial charge in [-0.1, -0.05) is 23.2 Å². The van der Waals surface area contributed by atoms with E-state index in [0.29, 0.717) is 18.7 Å². The Hall–Kier alpha value is -2.03. The van der Waals surface area contributed by atoms with Gasteiger partial charge in [-0.25, -0.2) is 0 Å². The fourth-order valence-corrected chi connectivity index (χ4v) is 5.06. The number of ether oxygens (including phenoxy) is 2. The predicted octanol–water partition coefficient (Wildman–Crippen LogP) is 3.57. The number of benzene rings is 1. The Labute approximate surface area is 178 Å². The number of rotatable bonds is 4. The Balaban J connectivity index is 2.39. The van der Waals surface area contributed by atoms with Crippen molar-refractivity contribution in [1.29, 1.82) is 0 Å². The second-order valence-electron chi connectivity index (χ2n) is 7.28. The van der Waals surface area contributed by atoms with Crippen molar-refractivity contribution in [2.75, 3.05) is 20.8 Å². The molecule has 0 bridgehead atoms. The first-order valence-corrected chi connectivity index (χ1v) is 9.88. The average molecular weight is 445 g/mol. The molecule has 0 radical (unpaired) electrons. The number of methoxy groups -OCH3 is 2. The molecule has 29 heavy (non-hydrogen) atoms. The van der Waals surface area contributed by atoms with E-state index in [1.54, 1.807) is 4.90 Å². The molecule has 3 rings (SSSR count). The molecule has 1 N–H and O–H groups in total. The summed E-state index contributed by atoms with van der Waals surface area (Å²) < 4.78 is 10.3. The minimum Gasteiger partial charge on any atom is -0.495 e. The third-order valence-corrected chi connectivity index (χ3v) is 6.16. The van der Waals surface area contributed by atoms with Crippen molar-refractivity contribution in [2.24, 2.45) is 5.92 Å². The number of piperidine rings is 1. The van der Waals surface area contributed by atoms with Crippen LogP contribution in [0.3, 0.4) is 0 Å². The molecule has 8 nitrogen and oxygen atoms in total. The number of halogens is 2. The first-order chi connectivity index (χ1) is 13.6. The van der Waals surface area contributed by atoms with Gasteiger partial charge in [0.15, 0.2) is 0 Å². The summed E-state index contributed by atoms with van der Waals surface area (Å²) in [5.74, 6) is -3.07. The SMILES string of the molecule is COC(=O)[C@@H]1[C@H](c2cc(Cl)cc(Cl)c2OC)C([N+](=O)[O-])=C2CCCCN2[C@@]1(C)O. The number of fused-ring (bicyclic) bond motifs is 1. The lowest BCUT2D eigenvalue weighted by Crippen LogP contribution is -2.60. The molecule has 0 unspecified atom stereocenters. The highest BCUT2D eigenvalue weighted by Crippen LogP contribution is 2.52. The van der Waals surface area contributed by atoms with E-state index in [0.717, 1.165) is 12.8 Å².